The minimum Gasteiger partial charge on any atom is -0.480 e. The molecule has 0 aliphatic heterocycles. The largest absolute Gasteiger partial charge is 0.480 e. The van der Waals surface area contributed by atoms with Crippen LogP contribution in [0.3, 0.4) is 0 Å². The second-order valence-corrected chi connectivity index (χ2v) is 4.25. The summed E-state index contributed by atoms with van der Waals surface area (Å²) in [5, 5.41) is 12.5. The van der Waals surface area contributed by atoms with Crippen molar-refractivity contribution in [1.29, 1.82) is 0 Å². The molecular weight excluding hydrogens is 262 g/mol. The molecule has 0 spiro atoms. The number of carboxylic acid groups (broad SMARTS) is 1. The molecule has 2 N–H and O–H groups in total. The summed E-state index contributed by atoms with van der Waals surface area (Å²) >= 11 is 5.19. The van der Waals surface area contributed by atoms with Crippen LogP contribution in [0.25, 0.3) is 0 Å². The van der Waals surface area contributed by atoms with Gasteiger partial charge in [0.05, 0.1) is 4.88 Å². The highest BCUT2D eigenvalue weighted by molar-refractivity contribution is 7.80. The standard InChI is InChI=1S/C5H9NO3S.C5H4OS/c1-3(7)6-4(2-10)5(8)9;6-4-5-2-1-3-7-5/h4,10H,2H2,1H3,(H,6,7)(H,8,9);1-4H. The van der Waals surface area contributed by atoms with Gasteiger partial charge in [-0.2, -0.15) is 12.6 Å². The van der Waals surface area contributed by atoms with Crippen LogP contribution in [-0.4, -0.2) is 35.1 Å². The number of thiol groups is 1. The average Bonchev–Trinajstić information content (AvgIpc) is 2.78. The Kier molecular flexibility index (Phi) is 8.08. The SMILES string of the molecule is CC(=O)NC(CS)C(=O)O.O=Cc1cccs1. The van der Waals surface area contributed by atoms with Crippen molar-refractivity contribution in [3.63, 3.8) is 0 Å². The molecule has 0 radical (unpaired) electrons. The summed E-state index contributed by atoms with van der Waals surface area (Å²) in [6.45, 7) is 1.26. The van der Waals surface area contributed by atoms with Crippen molar-refractivity contribution < 1.29 is 19.5 Å². The summed E-state index contributed by atoms with van der Waals surface area (Å²) in [5.74, 6) is -1.32. The van der Waals surface area contributed by atoms with Crippen molar-refractivity contribution in [2.24, 2.45) is 0 Å². The summed E-state index contributed by atoms with van der Waals surface area (Å²) in [7, 11) is 0. The highest BCUT2D eigenvalue weighted by Crippen LogP contribution is 2.03. The molecule has 7 heteroatoms. The Morgan fingerprint density at radius 3 is 2.47 bits per heavy atom. The molecule has 0 bridgehead atoms. The first-order valence-electron chi connectivity index (χ1n) is 4.60. The van der Waals surface area contributed by atoms with Crippen molar-refractivity contribution in [1.82, 2.24) is 5.32 Å². The Labute approximate surface area is 108 Å². The molecule has 0 aliphatic rings. The van der Waals surface area contributed by atoms with E-state index in [-0.39, 0.29) is 11.7 Å². The lowest BCUT2D eigenvalue weighted by Gasteiger charge is -2.08. The van der Waals surface area contributed by atoms with Crippen LogP contribution >= 0.6 is 24.0 Å². The number of hydrogen-bond acceptors (Lipinski definition) is 5. The quantitative estimate of drug-likeness (QED) is 0.567. The number of rotatable bonds is 4. The molecule has 0 saturated carbocycles. The van der Waals surface area contributed by atoms with Gasteiger partial charge >= 0.3 is 5.97 Å². The smallest absolute Gasteiger partial charge is 0.327 e. The fraction of sp³-hybridized carbons (Fsp3) is 0.300. The normalized spacial score (nSPS) is 10.7. The van der Waals surface area contributed by atoms with Gasteiger partial charge in [-0.25, -0.2) is 4.79 Å². The maximum absolute atomic E-state index is 10.3. The highest BCUT2D eigenvalue weighted by Gasteiger charge is 2.15. The van der Waals surface area contributed by atoms with Crippen molar-refractivity contribution in [2.45, 2.75) is 13.0 Å². The van der Waals surface area contributed by atoms with Crippen molar-refractivity contribution >= 4 is 42.1 Å². The number of thiophene rings is 1. The predicted molar refractivity (Wildman–Crippen MR) is 68.8 cm³/mol. The van der Waals surface area contributed by atoms with Gasteiger partial charge in [0.1, 0.15) is 6.04 Å². The van der Waals surface area contributed by atoms with Crippen molar-refractivity contribution in [2.75, 3.05) is 5.75 Å². The molecule has 1 amide bonds. The number of aldehydes is 1. The number of carbonyl (C=O) groups is 3. The van der Waals surface area contributed by atoms with Crippen molar-refractivity contribution in [3.05, 3.63) is 22.4 Å². The van der Waals surface area contributed by atoms with Gasteiger partial charge in [-0.05, 0) is 11.4 Å². The number of amides is 1. The van der Waals surface area contributed by atoms with E-state index in [1.165, 1.54) is 18.3 Å². The number of carbonyl (C=O) groups excluding carboxylic acids is 2. The van der Waals surface area contributed by atoms with E-state index < -0.39 is 12.0 Å². The second-order valence-electron chi connectivity index (χ2n) is 2.91. The minimum atomic E-state index is -1.06. The maximum atomic E-state index is 10.3. The van der Waals surface area contributed by atoms with Gasteiger partial charge < -0.3 is 10.4 Å². The van der Waals surface area contributed by atoms with Gasteiger partial charge in [0, 0.05) is 12.7 Å². The summed E-state index contributed by atoms with van der Waals surface area (Å²) in [5.41, 5.74) is 0. The zero-order chi connectivity index (χ0) is 13.3. The van der Waals surface area contributed by atoms with Crippen LogP contribution in [0.5, 0.6) is 0 Å². The Bertz CT molecular complexity index is 364. The van der Waals surface area contributed by atoms with Gasteiger partial charge in [0.15, 0.2) is 6.29 Å². The van der Waals surface area contributed by atoms with E-state index in [1.54, 1.807) is 6.07 Å². The minimum absolute atomic E-state index is 0.106. The lowest BCUT2D eigenvalue weighted by molar-refractivity contribution is -0.140. The lowest BCUT2D eigenvalue weighted by atomic mass is 10.3. The molecule has 1 aromatic rings. The third-order valence-electron chi connectivity index (χ3n) is 1.52. The molecule has 0 fully saturated rings. The number of carboxylic acids is 1. The topological polar surface area (TPSA) is 83.5 Å². The van der Waals surface area contributed by atoms with Crippen LogP contribution in [0, 0.1) is 0 Å². The van der Waals surface area contributed by atoms with E-state index in [0.29, 0.717) is 0 Å². The molecule has 1 aromatic heterocycles. The molecule has 5 nitrogen and oxygen atoms in total. The summed E-state index contributed by atoms with van der Waals surface area (Å²) < 4.78 is 0. The summed E-state index contributed by atoms with van der Waals surface area (Å²) in [4.78, 5) is 31.2. The Balaban J connectivity index is 0.000000318. The molecule has 94 valence electrons. The first-order chi connectivity index (χ1) is 8.01. The Hall–Kier alpha value is -1.34. The van der Waals surface area contributed by atoms with Crippen LogP contribution in [0.4, 0.5) is 0 Å². The van der Waals surface area contributed by atoms with E-state index in [1.807, 2.05) is 11.4 Å². The summed E-state index contributed by atoms with van der Waals surface area (Å²) in [6, 6.07) is 2.77. The fourth-order valence-corrected chi connectivity index (χ4v) is 1.56. The van der Waals surface area contributed by atoms with E-state index in [0.717, 1.165) is 11.2 Å². The molecule has 0 aliphatic carbocycles. The zero-order valence-electron chi connectivity index (χ0n) is 9.12. The Morgan fingerprint density at radius 2 is 2.29 bits per heavy atom. The third-order valence-corrected chi connectivity index (χ3v) is 2.68. The van der Waals surface area contributed by atoms with Gasteiger partial charge in [-0.15, -0.1) is 11.3 Å². The number of nitrogens with one attached hydrogen (secondary N) is 1. The van der Waals surface area contributed by atoms with Crippen LogP contribution in [0.1, 0.15) is 16.6 Å². The van der Waals surface area contributed by atoms with Gasteiger partial charge in [-0.3, -0.25) is 9.59 Å². The fourth-order valence-electron chi connectivity index (χ4n) is 0.789. The molecule has 0 aromatic carbocycles. The number of aliphatic carboxylic acids is 1. The predicted octanol–water partition coefficient (Wildman–Crippen LogP) is 1.07. The maximum Gasteiger partial charge on any atom is 0.327 e. The van der Waals surface area contributed by atoms with Crippen LogP contribution in [-0.2, 0) is 9.59 Å². The van der Waals surface area contributed by atoms with Gasteiger partial charge in [0.25, 0.3) is 0 Å². The zero-order valence-corrected chi connectivity index (χ0v) is 10.8. The second kappa shape index (κ2) is 8.77. The first-order valence-corrected chi connectivity index (χ1v) is 6.12. The van der Waals surface area contributed by atoms with E-state index in [4.69, 9.17) is 5.11 Å². The molecular formula is C10H13NO4S2. The van der Waals surface area contributed by atoms with Gasteiger partial charge in [0.2, 0.25) is 5.91 Å². The lowest BCUT2D eigenvalue weighted by Crippen LogP contribution is -2.40. The van der Waals surface area contributed by atoms with Crippen LogP contribution in [0.15, 0.2) is 17.5 Å². The number of hydrogen-bond donors (Lipinski definition) is 3. The summed E-state index contributed by atoms with van der Waals surface area (Å²) in [6.07, 6.45) is 0.852. The van der Waals surface area contributed by atoms with Gasteiger partial charge in [-0.1, -0.05) is 6.07 Å². The average molecular weight is 275 g/mol. The molecule has 0 saturated heterocycles. The Morgan fingerprint density at radius 1 is 1.65 bits per heavy atom. The highest BCUT2D eigenvalue weighted by atomic mass is 32.1. The van der Waals surface area contributed by atoms with Crippen molar-refractivity contribution in [3.8, 4) is 0 Å². The molecule has 17 heavy (non-hydrogen) atoms. The van der Waals surface area contributed by atoms with E-state index in [2.05, 4.69) is 17.9 Å². The molecule has 1 rings (SSSR count). The van der Waals surface area contributed by atoms with E-state index in [9.17, 15) is 14.4 Å². The monoisotopic (exact) mass is 275 g/mol. The van der Waals surface area contributed by atoms with Crippen LogP contribution < -0.4 is 5.32 Å². The van der Waals surface area contributed by atoms with E-state index >= 15 is 0 Å². The third kappa shape index (κ3) is 7.53. The first kappa shape index (κ1) is 15.7. The van der Waals surface area contributed by atoms with Crippen LogP contribution in [0.2, 0.25) is 0 Å². The molecule has 1 heterocycles. The molecule has 1 unspecified atom stereocenters. The molecule has 1 atom stereocenters.